The van der Waals surface area contributed by atoms with E-state index in [0.717, 1.165) is 13.0 Å². The summed E-state index contributed by atoms with van der Waals surface area (Å²) in [6.45, 7) is 0.329. The molecule has 0 bridgehead atoms. The molecule has 0 radical (unpaired) electrons. The zero-order valence-electron chi connectivity index (χ0n) is 12.8. The van der Waals surface area contributed by atoms with Crippen molar-refractivity contribution in [2.45, 2.75) is 37.8 Å². The second-order valence-corrected chi connectivity index (χ2v) is 5.77. The summed E-state index contributed by atoms with van der Waals surface area (Å²) in [6, 6.07) is 0.899. The first-order valence-electron chi connectivity index (χ1n) is 7.25. The van der Waals surface area contributed by atoms with Gasteiger partial charge in [0.25, 0.3) is 0 Å². The van der Waals surface area contributed by atoms with Crippen molar-refractivity contribution in [1.82, 2.24) is 10.2 Å². The van der Waals surface area contributed by atoms with E-state index >= 15 is 0 Å². The van der Waals surface area contributed by atoms with Crippen LogP contribution in [0.1, 0.15) is 29.5 Å². The minimum atomic E-state index is -4.90. The Morgan fingerprint density at radius 3 is 2.08 bits per heavy atom. The Morgan fingerprint density at radius 1 is 1.12 bits per heavy atom. The summed E-state index contributed by atoms with van der Waals surface area (Å²) in [6.07, 6.45) is -8.37. The van der Waals surface area contributed by atoms with Gasteiger partial charge in [-0.25, -0.2) is 0 Å². The first-order valence-corrected chi connectivity index (χ1v) is 7.25. The average Bonchev–Trinajstić information content (AvgIpc) is 2.89. The molecule has 0 saturated carbocycles. The van der Waals surface area contributed by atoms with Crippen LogP contribution >= 0.6 is 0 Å². The van der Waals surface area contributed by atoms with Crippen molar-refractivity contribution in [3.8, 4) is 0 Å². The highest BCUT2D eigenvalue weighted by atomic mass is 19.4. The van der Waals surface area contributed by atoms with Gasteiger partial charge in [-0.1, -0.05) is 0 Å². The molecule has 3 nitrogen and oxygen atoms in total. The number of alkyl halides is 6. The van der Waals surface area contributed by atoms with Gasteiger partial charge in [0.2, 0.25) is 5.91 Å². The van der Waals surface area contributed by atoms with E-state index in [4.69, 9.17) is 0 Å². The van der Waals surface area contributed by atoms with Crippen LogP contribution in [0.4, 0.5) is 26.3 Å². The molecule has 1 N–H and O–H groups in total. The van der Waals surface area contributed by atoms with Crippen LogP contribution in [0, 0.1) is 0 Å². The Hall–Kier alpha value is -1.77. The maximum absolute atomic E-state index is 12.8. The number of rotatable bonds is 3. The Bertz CT molecular complexity index is 579. The summed E-state index contributed by atoms with van der Waals surface area (Å²) in [4.78, 5) is 13.8. The summed E-state index contributed by atoms with van der Waals surface area (Å²) in [5.74, 6) is -0.402. The van der Waals surface area contributed by atoms with Crippen molar-refractivity contribution in [3.05, 3.63) is 34.9 Å². The van der Waals surface area contributed by atoms with E-state index in [1.807, 2.05) is 0 Å². The number of hydrogen-bond donors (Lipinski definition) is 1. The normalized spacial score (nSPS) is 19.5. The fourth-order valence-corrected chi connectivity index (χ4v) is 2.67. The molecule has 0 aromatic heterocycles. The number of nitrogens with zero attached hydrogens (tertiary/aromatic N) is 1. The standard InChI is InChI=1S/C15H16F6N2O/c1-23-4-2-3-12(23)13(24)22-8-9-5-10(14(16,17)18)7-11(6-9)15(19,20)21/h5-7,12H,2-4,8H2,1H3,(H,22,24)/t12-/m1/s1. The van der Waals surface area contributed by atoms with Gasteiger partial charge in [0, 0.05) is 6.54 Å². The lowest BCUT2D eigenvalue weighted by Gasteiger charge is -2.19. The summed E-state index contributed by atoms with van der Waals surface area (Å²) < 4.78 is 76.6. The Morgan fingerprint density at radius 2 is 1.67 bits per heavy atom. The third kappa shape index (κ3) is 4.40. The summed E-state index contributed by atoms with van der Waals surface area (Å²) in [5, 5.41) is 2.41. The largest absolute Gasteiger partial charge is 0.416 e. The molecular weight excluding hydrogens is 338 g/mol. The van der Waals surface area contributed by atoms with Crippen molar-refractivity contribution >= 4 is 5.91 Å². The Kier molecular flexibility index (Phi) is 5.12. The van der Waals surface area contributed by atoms with Crippen molar-refractivity contribution < 1.29 is 31.1 Å². The molecule has 1 amide bonds. The number of amides is 1. The van der Waals surface area contributed by atoms with E-state index < -0.39 is 42.0 Å². The van der Waals surface area contributed by atoms with Crippen molar-refractivity contribution in [3.63, 3.8) is 0 Å². The number of hydrogen-bond acceptors (Lipinski definition) is 2. The molecule has 1 aliphatic heterocycles. The lowest BCUT2D eigenvalue weighted by Crippen LogP contribution is -2.41. The molecule has 1 aromatic rings. The van der Waals surface area contributed by atoms with Gasteiger partial charge in [-0.05, 0) is 50.2 Å². The third-order valence-electron chi connectivity index (χ3n) is 3.94. The highest BCUT2D eigenvalue weighted by Crippen LogP contribution is 2.36. The van der Waals surface area contributed by atoms with Gasteiger partial charge in [-0.15, -0.1) is 0 Å². The van der Waals surface area contributed by atoms with Gasteiger partial charge in [-0.2, -0.15) is 26.3 Å². The highest BCUT2D eigenvalue weighted by molar-refractivity contribution is 5.82. The highest BCUT2D eigenvalue weighted by Gasteiger charge is 2.37. The molecule has 9 heteroatoms. The van der Waals surface area contributed by atoms with Gasteiger partial charge in [0.15, 0.2) is 0 Å². The molecule has 1 heterocycles. The van der Waals surface area contributed by atoms with E-state index in [2.05, 4.69) is 5.32 Å². The fraction of sp³-hybridized carbons (Fsp3) is 0.533. The first kappa shape index (κ1) is 18.6. The molecule has 1 atom stereocenters. The minimum Gasteiger partial charge on any atom is -0.351 e. The molecule has 24 heavy (non-hydrogen) atoms. The lowest BCUT2D eigenvalue weighted by molar-refractivity contribution is -0.143. The van der Waals surface area contributed by atoms with E-state index in [1.54, 1.807) is 11.9 Å². The molecular formula is C15H16F6N2O. The average molecular weight is 354 g/mol. The number of likely N-dealkylation sites (N-methyl/N-ethyl adjacent to an activating group) is 1. The number of benzene rings is 1. The monoisotopic (exact) mass is 354 g/mol. The smallest absolute Gasteiger partial charge is 0.351 e. The fourth-order valence-electron chi connectivity index (χ4n) is 2.67. The molecule has 0 aliphatic carbocycles. The van der Waals surface area contributed by atoms with E-state index in [-0.39, 0.29) is 11.6 Å². The third-order valence-corrected chi connectivity index (χ3v) is 3.94. The second kappa shape index (κ2) is 6.62. The van der Waals surface area contributed by atoms with Crippen LogP contribution in [0.3, 0.4) is 0 Å². The van der Waals surface area contributed by atoms with Crippen molar-refractivity contribution in [2.24, 2.45) is 0 Å². The second-order valence-electron chi connectivity index (χ2n) is 5.77. The first-order chi connectivity index (χ1) is 11.0. The molecule has 1 aliphatic rings. The zero-order valence-corrected chi connectivity index (χ0v) is 12.8. The maximum Gasteiger partial charge on any atom is 0.416 e. The lowest BCUT2D eigenvalue weighted by atomic mass is 10.0. The van der Waals surface area contributed by atoms with Gasteiger partial charge in [-0.3, -0.25) is 9.69 Å². The number of carbonyl (C=O) groups excluding carboxylic acids is 1. The van der Waals surface area contributed by atoms with Crippen molar-refractivity contribution in [1.29, 1.82) is 0 Å². The maximum atomic E-state index is 12.8. The number of likely N-dealkylation sites (tertiary alicyclic amines) is 1. The summed E-state index contributed by atoms with van der Waals surface area (Å²) >= 11 is 0. The molecule has 2 rings (SSSR count). The minimum absolute atomic E-state index is 0.0655. The van der Waals surface area contributed by atoms with E-state index in [9.17, 15) is 31.1 Å². The van der Waals surface area contributed by atoms with Gasteiger partial charge in [0.1, 0.15) is 0 Å². The van der Waals surface area contributed by atoms with Crippen LogP contribution in [-0.2, 0) is 23.7 Å². The predicted molar refractivity (Wildman–Crippen MR) is 73.9 cm³/mol. The molecule has 1 saturated heterocycles. The van der Waals surface area contributed by atoms with Crippen LogP contribution in [0.5, 0.6) is 0 Å². The van der Waals surface area contributed by atoms with Crippen molar-refractivity contribution in [2.75, 3.05) is 13.6 Å². The Balaban J connectivity index is 2.18. The molecule has 134 valence electrons. The summed E-state index contributed by atoms with van der Waals surface area (Å²) in [7, 11) is 1.74. The molecule has 1 aromatic carbocycles. The van der Waals surface area contributed by atoms with Crippen LogP contribution in [0.2, 0.25) is 0 Å². The quantitative estimate of drug-likeness (QED) is 0.844. The molecule has 1 fully saturated rings. The van der Waals surface area contributed by atoms with Gasteiger partial charge in [0.05, 0.1) is 17.2 Å². The topological polar surface area (TPSA) is 32.3 Å². The van der Waals surface area contributed by atoms with Gasteiger partial charge < -0.3 is 5.32 Å². The number of halogens is 6. The Labute approximate surface area is 134 Å². The van der Waals surface area contributed by atoms with Gasteiger partial charge >= 0.3 is 12.4 Å². The van der Waals surface area contributed by atoms with Crippen LogP contribution in [0.15, 0.2) is 18.2 Å². The number of nitrogens with one attached hydrogen (secondary N) is 1. The van der Waals surface area contributed by atoms with Crippen LogP contribution < -0.4 is 5.32 Å². The number of carbonyl (C=O) groups is 1. The molecule has 0 unspecified atom stereocenters. The predicted octanol–water partition coefficient (Wildman–Crippen LogP) is 3.43. The molecule has 0 spiro atoms. The zero-order chi connectivity index (χ0) is 18.1. The van der Waals surface area contributed by atoms with E-state index in [0.29, 0.717) is 18.6 Å². The van der Waals surface area contributed by atoms with Crippen LogP contribution in [0.25, 0.3) is 0 Å². The summed E-state index contributed by atoms with van der Waals surface area (Å²) in [5.41, 5.74) is -3.02. The van der Waals surface area contributed by atoms with Crippen LogP contribution in [-0.4, -0.2) is 30.4 Å². The SMILES string of the molecule is CN1CCC[C@@H]1C(=O)NCc1cc(C(F)(F)F)cc(C(F)(F)F)c1. The van der Waals surface area contributed by atoms with E-state index in [1.165, 1.54) is 0 Å².